The third-order valence-electron chi connectivity index (χ3n) is 4.02. The van der Waals surface area contributed by atoms with Crippen molar-refractivity contribution in [1.82, 2.24) is 14.3 Å². The van der Waals surface area contributed by atoms with Crippen molar-refractivity contribution in [2.24, 2.45) is 0 Å². The molecule has 3 aromatic rings. The summed E-state index contributed by atoms with van der Waals surface area (Å²) in [6, 6.07) is 14.5. The zero-order valence-electron chi connectivity index (χ0n) is 14.9. The maximum atomic E-state index is 12.5. The first-order chi connectivity index (χ1) is 12.8. The first kappa shape index (κ1) is 18.7. The predicted molar refractivity (Wildman–Crippen MR) is 108 cm³/mol. The number of nitrogens with one attached hydrogen (secondary N) is 1. The number of nitrogen functional groups attached to an aromatic ring is 1. The number of carbonyl (C=O) groups is 1. The second-order valence-electron chi connectivity index (χ2n) is 6.12. The fourth-order valence-electron chi connectivity index (χ4n) is 2.49. The third kappa shape index (κ3) is 3.86. The van der Waals surface area contributed by atoms with Crippen LogP contribution in [0.5, 0.6) is 0 Å². The van der Waals surface area contributed by atoms with Crippen LogP contribution in [0.15, 0.2) is 60.9 Å². The monoisotopic (exact) mass is 384 g/mol. The predicted octanol–water partition coefficient (Wildman–Crippen LogP) is 2.74. The van der Waals surface area contributed by atoms with E-state index in [4.69, 9.17) is 5.73 Å². The van der Waals surface area contributed by atoms with Gasteiger partial charge in [-0.15, -0.1) is 0 Å². The molecule has 27 heavy (non-hydrogen) atoms. The molecule has 1 heterocycles. The lowest BCUT2D eigenvalue weighted by atomic mass is 10.1. The summed E-state index contributed by atoms with van der Waals surface area (Å²) < 4.78 is 25.9. The molecule has 0 bridgehead atoms. The minimum atomic E-state index is -3.59. The Bertz CT molecular complexity index is 1110. The maximum Gasteiger partial charge on any atom is 0.266 e. The van der Waals surface area contributed by atoms with Gasteiger partial charge in [0.05, 0.1) is 5.56 Å². The Balaban J connectivity index is 2.03. The van der Waals surface area contributed by atoms with Gasteiger partial charge in [-0.2, -0.15) is 0 Å². The number of rotatable bonds is 4. The number of nitrogens with zero attached hydrogens (tertiary/aromatic N) is 2. The molecule has 0 saturated heterocycles. The molecule has 0 radical (unpaired) electrons. The molecule has 0 fully saturated rings. The fourth-order valence-corrected chi connectivity index (χ4v) is 3.05. The van der Waals surface area contributed by atoms with Gasteiger partial charge in [0, 0.05) is 34.2 Å². The van der Waals surface area contributed by atoms with Crippen molar-refractivity contribution in [3.63, 3.8) is 0 Å². The number of imidazole rings is 1. The first-order valence-corrected chi connectivity index (χ1v) is 9.68. The number of benzene rings is 2. The van der Waals surface area contributed by atoms with Crippen molar-refractivity contribution in [3.8, 4) is 17.1 Å². The van der Waals surface area contributed by atoms with Gasteiger partial charge in [-0.1, -0.05) is 30.3 Å². The van der Waals surface area contributed by atoms with E-state index in [1.54, 1.807) is 30.6 Å². The summed E-state index contributed by atoms with van der Waals surface area (Å²) in [7, 11) is -3.59. The van der Waals surface area contributed by atoms with E-state index in [0.29, 0.717) is 11.5 Å². The van der Waals surface area contributed by atoms with Gasteiger partial charge in [0.25, 0.3) is 5.91 Å². The molecule has 0 aliphatic heterocycles. The number of aromatic nitrogens is 2. The van der Waals surface area contributed by atoms with Crippen molar-refractivity contribution in [1.29, 1.82) is 0 Å². The number of nitrogens with two attached hydrogens (primary N) is 1. The van der Waals surface area contributed by atoms with Crippen molar-refractivity contribution >= 4 is 26.4 Å². The summed E-state index contributed by atoms with van der Waals surface area (Å²) in [6.45, 7) is 2.94. The van der Waals surface area contributed by atoms with E-state index in [2.05, 4.69) is 9.71 Å². The van der Waals surface area contributed by atoms with E-state index in [-0.39, 0.29) is 16.1 Å². The van der Waals surface area contributed by atoms with Crippen LogP contribution in [-0.4, -0.2) is 29.1 Å². The molecule has 1 aromatic heterocycles. The molecular formula is C19H20N4O3S. The van der Waals surface area contributed by atoms with Crippen molar-refractivity contribution in [2.45, 2.75) is 13.8 Å². The van der Waals surface area contributed by atoms with Crippen molar-refractivity contribution in [3.05, 3.63) is 66.5 Å². The smallest absolute Gasteiger partial charge is 0.266 e. The minimum Gasteiger partial charge on any atom is -0.398 e. The van der Waals surface area contributed by atoms with Crippen molar-refractivity contribution < 1.29 is 13.6 Å². The van der Waals surface area contributed by atoms with E-state index in [9.17, 15) is 13.6 Å². The summed E-state index contributed by atoms with van der Waals surface area (Å²) in [4.78, 5) is 17.1. The van der Waals surface area contributed by atoms with Crippen LogP contribution in [0.2, 0.25) is 0 Å². The molecule has 0 spiro atoms. The zero-order chi connectivity index (χ0) is 19.6. The van der Waals surface area contributed by atoms with Crippen LogP contribution in [0.1, 0.15) is 24.2 Å². The molecule has 1 amide bonds. The molecule has 1 unspecified atom stereocenters. The normalized spacial score (nSPS) is 13.0. The molecule has 7 nitrogen and oxygen atoms in total. The van der Waals surface area contributed by atoms with Gasteiger partial charge in [-0.05, 0) is 32.0 Å². The molecule has 3 rings (SSSR count). The molecule has 0 aliphatic rings. The fraction of sp³-hybridized carbons (Fsp3) is 0.105. The van der Waals surface area contributed by atoms with Gasteiger partial charge >= 0.3 is 0 Å². The Morgan fingerprint density at radius 2 is 1.89 bits per heavy atom. The van der Waals surface area contributed by atoms with E-state index >= 15 is 0 Å². The second-order valence-corrected chi connectivity index (χ2v) is 8.20. The van der Waals surface area contributed by atoms with Crippen LogP contribution in [0, 0.1) is 0 Å². The molecule has 0 aliphatic carbocycles. The first-order valence-electron chi connectivity index (χ1n) is 8.17. The SMILES string of the molecule is CC(C)=S(=O)(O)NC(=O)c1cc(-n2ccnc2-c2ccccc2)ccc1N. The highest BCUT2D eigenvalue weighted by atomic mass is 32.2. The van der Waals surface area contributed by atoms with Crippen LogP contribution in [0.4, 0.5) is 5.69 Å². The summed E-state index contributed by atoms with van der Waals surface area (Å²) in [6.07, 6.45) is 3.43. The highest BCUT2D eigenvalue weighted by Gasteiger charge is 2.17. The Hall–Kier alpha value is -3.10. The van der Waals surface area contributed by atoms with Gasteiger partial charge in [0.1, 0.15) is 5.82 Å². The summed E-state index contributed by atoms with van der Waals surface area (Å²) in [5.41, 5.74) is 7.82. The number of hydrogen-bond donors (Lipinski definition) is 3. The lowest BCUT2D eigenvalue weighted by Crippen LogP contribution is -2.33. The van der Waals surface area contributed by atoms with E-state index in [1.165, 1.54) is 13.8 Å². The summed E-state index contributed by atoms with van der Waals surface area (Å²) in [5.74, 6) is -0.0140. The van der Waals surface area contributed by atoms with E-state index in [1.807, 2.05) is 34.9 Å². The zero-order valence-corrected chi connectivity index (χ0v) is 15.7. The molecule has 140 valence electrons. The topological polar surface area (TPSA) is 110 Å². The number of carbonyl (C=O) groups excluding carboxylic acids is 1. The maximum absolute atomic E-state index is 12.5. The Morgan fingerprint density at radius 3 is 2.56 bits per heavy atom. The summed E-state index contributed by atoms with van der Waals surface area (Å²) >= 11 is 0. The highest BCUT2D eigenvalue weighted by molar-refractivity contribution is 7.95. The van der Waals surface area contributed by atoms with Crippen LogP contribution >= 0.6 is 0 Å². The quantitative estimate of drug-likeness (QED) is 0.473. The summed E-state index contributed by atoms with van der Waals surface area (Å²) in [5, 5.41) is 0. The average Bonchev–Trinajstić information content (AvgIpc) is 3.12. The Morgan fingerprint density at radius 1 is 1.19 bits per heavy atom. The highest BCUT2D eigenvalue weighted by Crippen LogP contribution is 2.24. The van der Waals surface area contributed by atoms with E-state index in [0.717, 1.165) is 5.56 Å². The molecule has 1 atom stereocenters. The van der Waals surface area contributed by atoms with Gasteiger partial charge in [-0.3, -0.25) is 18.6 Å². The van der Waals surface area contributed by atoms with Crippen LogP contribution in [0.25, 0.3) is 17.1 Å². The molecule has 2 aromatic carbocycles. The second kappa shape index (κ2) is 7.26. The van der Waals surface area contributed by atoms with Crippen LogP contribution in [-0.2, 0) is 9.99 Å². The van der Waals surface area contributed by atoms with Gasteiger partial charge in [0.15, 0.2) is 9.99 Å². The van der Waals surface area contributed by atoms with Gasteiger partial charge in [-0.25, -0.2) is 9.19 Å². The molecule has 4 N–H and O–H groups in total. The van der Waals surface area contributed by atoms with Crippen LogP contribution in [0.3, 0.4) is 0 Å². The van der Waals surface area contributed by atoms with Crippen molar-refractivity contribution in [2.75, 3.05) is 5.73 Å². The lowest BCUT2D eigenvalue weighted by Gasteiger charge is -2.13. The Labute approximate surface area is 157 Å². The molecule has 8 heteroatoms. The van der Waals surface area contributed by atoms with E-state index < -0.39 is 15.9 Å². The Kier molecular flexibility index (Phi) is 5.02. The lowest BCUT2D eigenvalue weighted by molar-refractivity contribution is 0.0981. The number of amides is 1. The number of anilines is 1. The van der Waals surface area contributed by atoms with Crippen LogP contribution < -0.4 is 10.5 Å². The minimum absolute atomic E-state index is 0.114. The largest absolute Gasteiger partial charge is 0.398 e. The molecule has 0 saturated carbocycles. The average molecular weight is 384 g/mol. The van der Waals surface area contributed by atoms with Gasteiger partial charge < -0.3 is 5.73 Å². The van der Waals surface area contributed by atoms with Gasteiger partial charge in [0.2, 0.25) is 0 Å². The third-order valence-corrected chi connectivity index (χ3v) is 5.59. The standard InChI is InChI=1S/C19H20N4O3S/c1-13(2)27(25,26)22-19(24)16-12-15(8-9-17(16)20)23-11-10-21-18(23)14-6-4-3-5-7-14/h3-12H,20H2,1-2H3,(H2,22,24,25,26). The number of hydrogen-bond acceptors (Lipinski definition) is 4. The molecular weight excluding hydrogens is 364 g/mol.